The molecule has 0 heterocycles. The first-order valence-corrected chi connectivity index (χ1v) is 7.15. The first-order valence-electron chi connectivity index (χ1n) is 7.15. The third-order valence-electron chi connectivity index (χ3n) is 2.99. The molecule has 1 rings (SSSR count). The fourth-order valence-corrected chi connectivity index (χ4v) is 2.04. The highest BCUT2D eigenvalue weighted by atomic mass is 19.1. The highest BCUT2D eigenvalue weighted by Crippen LogP contribution is 2.04. The zero-order chi connectivity index (χ0) is 15.8. The molecular formula is C16H23FN2O2. The van der Waals surface area contributed by atoms with Crippen LogP contribution in [0.15, 0.2) is 24.3 Å². The van der Waals surface area contributed by atoms with Crippen molar-refractivity contribution in [3.63, 3.8) is 0 Å². The summed E-state index contributed by atoms with van der Waals surface area (Å²) in [5, 5.41) is 2.75. The van der Waals surface area contributed by atoms with Crippen LogP contribution < -0.4 is 5.32 Å². The Morgan fingerprint density at radius 1 is 1.33 bits per heavy atom. The van der Waals surface area contributed by atoms with Gasteiger partial charge in [-0.15, -0.1) is 0 Å². The van der Waals surface area contributed by atoms with E-state index in [1.165, 1.54) is 19.1 Å². The van der Waals surface area contributed by atoms with Crippen molar-refractivity contribution in [3.8, 4) is 0 Å². The zero-order valence-electron chi connectivity index (χ0n) is 12.9. The second-order valence-corrected chi connectivity index (χ2v) is 5.52. The van der Waals surface area contributed by atoms with Crippen LogP contribution in [0.4, 0.5) is 4.39 Å². The van der Waals surface area contributed by atoms with Gasteiger partial charge in [-0.05, 0) is 23.6 Å². The molecule has 0 atom stereocenters. The Bertz CT molecular complexity index is 489. The fourth-order valence-electron chi connectivity index (χ4n) is 2.04. The van der Waals surface area contributed by atoms with E-state index < -0.39 is 0 Å². The number of hydrogen-bond donors (Lipinski definition) is 1. The number of nitrogens with one attached hydrogen (secondary N) is 1. The van der Waals surface area contributed by atoms with E-state index in [0.29, 0.717) is 31.1 Å². The molecule has 2 amide bonds. The lowest BCUT2D eigenvalue weighted by Crippen LogP contribution is -2.39. The highest BCUT2D eigenvalue weighted by Gasteiger charge is 2.11. The smallest absolute Gasteiger partial charge is 0.224 e. The minimum Gasteiger partial charge on any atom is -0.354 e. The lowest BCUT2D eigenvalue weighted by molar-refractivity contribution is -0.130. The molecule has 0 fully saturated rings. The minimum absolute atomic E-state index is 0.00285. The summed E-state index contributed by atoms with van der Waals surface area (Å²) in [7, 11) is 0. The van der Waals surface area contributed by atoms with Crippen molar-refractivity contribution in [1.82, 2.24) is 10.2 Å². The van der Waals surface area contributed by atoms with Crippen molar-refractivity contribution >= 4 is 11.8 Å². The van der Waals surface area contributed by atoms with Crippen LogP contribution in [0.3, 0.4) is 0 Å². The van der Waals surface area contributed by atoms with E-state index in [1.54, 1.807) is 17.0 Å². The van der Waals surface area contributed by atoms with Gasteiger partial charge < -0.3 is 10.2 Å². The molecule has 5 heteroatoms. The van der Waals surface area contributed by atoms with Crippen molar-refractivity contribution in [3.05, 3.63) is 35.6 Å². The maximum Gasteiger partial charge on any atom is 0.224 e. The molecule has 1 N–H and O–H groups in total. The van der Waals surface area contributed by atoms with Gasteiger partial charge in [0, 0.05) is 26.6 Å². The normalized spacial score (nSPS) is 10.5. The lowest BCUT2D eigenvalue weighted by atomic mass is 10.1. The van der Waals surface area contributed by atoms with E-state index in [0.717, 1.165) is 0 Å². The average Bonchev–Trinajstić information content (AvgIpc) is 2.36. The van der Waals surface area contributed by atoms with Crippen LogP contribution in [0, 0.1) is 11.7 Å². The molecule has 0 aliphatic rings. The molecule has 0 aliphatic carbocycles. The van der Waals surface area contributed by atoms with Crippen molar-refractivity contribution in [2.24, 2.45) is 5.92 Å². The SMILES string of the molecule is CC(=O)N(CCNC(=O)Cc1cccc(F)c1)CC(C)C. The Morgan fingerprint density at radius 3 is 2.62 bits per heavy atom. The summed E-state index contributed by atoms with van der Waals surface area (Å²) < 4.78 is 13.0. The van der Waals surface area contributed by atoms with Gasteiger partial charge in [0.2, 0.25) is 11.8 Å². The van der Waals surface area contributed by atoms with Crippen LogP contribution in [-0.4, -0.2) is 36.3 Å². The topological polar surface area (TPSA) is 49.4 Å². The lowest BCUT2D eigenvalue weighted by Gasteiger charge is -2.23. The number of carbonyl (C=O) groups is 2. The highest BCUT2D eigenvalue weighted by molar-refractivity contribution is 5.78. The molecule has 4 nitrogen and oxygen atoms in total. The Kier molecular flexibility index (Phi) is 6.85. The van der Waals surface area contributed by atoms with Gasteiger partial charge in [0.1, 0.15) is 5.82 Å². The Hall–Kier alpha value is -1.91. The van der Waals surface area contributed by atoms with E-state index in [9.17, 15) is 14.0 Å². The number of carbonyl (C=O) groups excluding carboxylic acids is 2. The standard InChI is InChI=1S/C16H23FN2O2/c1-12(2)11-19(13(3)20)8-7-18-16(21)10-14-5-4-6-15(17)9-14/h4-6,9,12H,7-8,10-11H2,1-3H3,(H,18,21). The molecule has 0 bridgehead atoms. The molecule has 0 aliphatic heterocycles. The van der Waals surface area contributed by atoms with E-state index in [1.807, 2.05) is 13.8 Å². The van der Waals surface area contributed by atoms with Crippen LogP contribution >= 0.6 is 0 Å². The second kappa shape index (κ2) is 8.39. The maximum absolute atomic E-state index is 13.0. The molecular weight excluding hydrogens is 271 g/mol. The largest absolute Gasteiger partial charge is 0.354 e. The number of benzene rings is 1. The van der Waals surface area contributed by atoms with E-state index in [-0.39, 0.29) is 24.1 Å². The molecule has 21 heavy (non-hydrogen) atoms. The maximum atomic E-state index is 13.0. The van der Waals surface area contributed by atoms with Gasteiger partial charge in [0.25, 0.3) is 0 Å². The summed E-state index contributed by atoms with van der Waals surface area (Å²) in [6, 6.07) is 5.99. The third kappa shape index (κ3) is 6.88. The predicted octanol–water partition coefficient (Wildman–Crippen LogP) is 1.99. The summed E-state index contributed by atoms with van der Waals surface area (Å²) in [5.74, 6) is -0.131. The molecule has 0 saturated heterocycles. The molecule has 0 radical (unpaired) electrons. The molecule has 1 aromatic carbocycles. The first-order chi connectivity index (χ1) is 9.88. The number of amides is 2. The van der Waals surface area contributed by atoms with Crippen molar-refractivity contribution in [2.75, 3.05) is 19.6 Å². The van der Waals surface area contributed by atoms with Crippen molar-refractivity contribution in [1.29, 1.82) is 0 Å². The number of hydrogen-bond acceptors (Lipinski definition) is 2. The van der Waals surface area contributed by atoms with Crippen LogP contribution in [0.5, 0.6) is 0 Å². The van der Waals surface area contributed by atoms with Crippen LogP contribution in [0.1, 0.15) is 26.3 Å². The molecule has 116 valence electrons. The van der Waals surface area contributed by atoms with Gasteiger partial charge in [0.05, 0.1) is 6.42 Å². The zero-order valence-corrected chi connectivity index (χ0v) is 12.9. The van der Waals surface area contributed by atoms with Gasteiger partial charge in [-0.25, -0.2) is 4.39 Å². The summed E-state index contributed by atoms with van der Waals surface area (Å²) in [6.45, 7) is 7.17. The van der Waals surface area contributed by atoms with E-state index >= 15 is 0 Å². The third-order valence-corrected chi connectivity index (χ3v) is 2.99. The van der Waals surface area contributed by atoms with E-state index in [2.05, 4.69) is 5.32 Å². The van der Waals surface area contributed by atoms with Gasteiger partial charge >= 0.3 is 0 Å². The van der Waals surface area contributed by atoms with Crippen LogP contribution in [0.2, 0.25) is 0 Å². The molecule has 0 saturated carbocycles. The number of rotatable bonds is 7. The molecule has 0 unspecified atom stereocenters. The quantitative estimate of drug-likeness (QED) is 0.836. The van der Waals surface area contributed by atoms with Gasteiger partial charge in [-0.3, -0.25) is 9.59 Å². The number of nitrogens with zero attached hydrogens (tertiary/aromatic N) is 1. The number of halogens is 1. The van der Waals surface area contributed by atoms with Crippen LogP contribution in [0.25, 0.3) is 0 Å². The first kappa shape index (κ1) is 17.1. The Balaban J connectivity index is 2.37. The molecule has 1 aromatic rings. The Morgan fingerprint density at radius 2 is 2.05 bits per heavy atom. The summed E-state index contributed by atoms with van der Waals surface area (Å²) in [5.41, 5.74) is 0.637. The minimum atomic E-state index is -0.347. The predicted molar refractivity (Wildman–Crippen MR) is 80.2 cm³/mol. The van der Waals surface area contributed by atoms with Crippen LogP contribution in [-0.2, 0) is 16.0 Å². The van der Waals surface area contributed by atoms with Gasteiger partial charge in [-0.1, -0.05) is 26.0 Å². The van der Waals surface area contributed by atoms with Gasteiger partial charge in [-0.2, -0.15) is 0 Å². The fraction of sp³-hybridized carbons (Fsp3) is 0.500. The Labute approximate surface area is 125 Å². The summed E-state index contributed by atoms with van der Waals surface area (Å²) in [4.78, 5) is 24.9. The van der Waals surface area contributed by atoms with Crippen molar-refractivity contribution in [2.45, 2.75) is 27.2 Å². The summed E-state index contributed by atoms with van der Waals surface area (Å²) >= 11 is 0. The molecule has 0 spiro atoms. The second-order valence-electron chi connectivity index (χ2n) is 5.52. The summed E-state index contributed by atoms with van der Waals surface area (Å²) in [6.07, 6.45) is 0.141. The average molecular weight is 294 g/mol. The van der Waals surface area contributed by atoms with Crippen molar-refractivity contribution < 1.29 is 14.0 Å². The monoisotopic (exact) mass is 294 g/mol. The molecule has 0 aromatic heterocycles. The van der Waals surface area contributed by atoms with Gasteiger partial charge in [0.15, 0.2) is 0 Å². The van der Waals surface area contributed by atoms with E-state index in [4.69, 9.17) is 0 Å².